The van der Waals surface area contributed by atoms with Crippen molar-refractivity contribution in [3.8, 4) is 17.1 Å². The molecule has 4 aromatic rings. The molecule has 8 nitrogen and oxygen atoms in total. The van der Waals surface area contributed by atoms with Crippen LogP contribution in [0.1, 0.15) is 16.7 Å². The number of aromatic nitrogens is 3. The van der Waals surface area contributed by atoms with Crippen molar-refractivity contribution in [2.75, 3.05) is 6.79 Å². The number of non-ortho nitro benzene ring substituents is 1. The number of aryl methyl sites for hydroxylation is 1. The first kappa shape index (κ1) is 23.0. The highest BCUT2D eigenvalue weighted by Crippen LogP contribution is 2.36. The molecule has 35 heavy (non-hydrogen) atoms. The minimum atomic E-state index is -0.429. The van der Waals surface area contributed by atoms with Gasteiger partial charge in [-0.3, -0.25) is 10.1 Å². The van der Waals surface area contributed by atoms with Crippen LogP contribution in [0.5, 0.6) is 5.75 Å². The van der Waals surface area contributed by atoms with Crippen LogP contribution in [0.25, 0.3) is 11.4 Å². The van der Waals surface area contributed by atoms with Crippen LogP contribution in [0, 0.1) is 15.9 Å². The van der Waals surface area contributed by atoms with Crippen molar-refractivity contribution in [1.29, 1.82) is 0 Å². The van der Waals surface area contributed by atoms with Crippen molar-refractivity contribution < 1.29 is 18.8 Å². The normalized spacial score (nSPS) is 12.7. The lowest BCUT2D eigenvalue weighted by atomic mass is 10.1. The first-order chi connectivity index (χ1) is 17.1. The van der Waals surface area contributed by atoms with Gasteiger partial charge in [-0.25, -0.2) is 4.39 Å². The van der Waals surface area contributed by atoms with E-state index in [0.29, 0.717) is 52.1 Å². The van der Waals surface area contributed by atoms with Gasteiger partial charge in [0.1, 0.15) is 11.6 Å². The van der Waals surface area contributed by atoms with Gasteiger partial charge in [-0.15, -0.1) is 10.2 Å². The molecule has 0 radical (unpaired) electrons. The lowest BCUT2D eigenvalue weighted by molar-refractivity contribution is -0.385. The molecule has 0 spiro atoms. The van der Waals surface area contributed by atoms with E-state index in [0.717, 1.165) is 5.56 Å². The summed E-state index contributed by atoms with van der Waals surface area (Å²) in [6.45, 7) is 0.882. The molecule has 3 aromatic carbocycles. The van der Waals surface area contributed by atoms with Crippen molar-refractivity contribution in [2.45, 2.75) is 30.5 Å². The highest BCUT2D eigenvalue weighted by atomic mass is 32.2. The lowest BCUT2D eigenvalue weighted by Crippen LogP contribution is -2.13. The fraction of sp³-hybridized carbons (Fsp3) is 0.200. The number of nitrogens with zero attached hydrogens (tertiary/aromatic N) is 4. The number of rotatable bonds is 8. The number of nitro groups is 1. The zero-order valence-corrected chi connectivity index (χ0v) is 19.4. The molecule has 0 aliphatic carbocycles. The number of nitro benzene ring substituents is 1. The first-order valence-corrected chi connectivity index (χ1v) is 11.9. The summed E-state index contributed by atoms with van der Waals surface area (Å²) in [5.74, 6) is 1.02. The second-order valence-electron chi connectivity index (χ2n) is 7.92. The average Bonchev–Trinajstić information content (AvgIpc) is 3.29. The Labute approximate surface area is 204 Å². The maximum Gasteiger partial charge on any atom is 0.270 e. The Hall–Kier alpha value is -3.76. The van der Waals surface area contributed by atoms with E-state index in [9.17, 15) is 14.5 Å². The van der Waals surface area contributed by atoms with Crippen molar-refractivity contribution in [2.24, 2.45) is 0 Å². The Morgan fingerprint density at radius 3 is 2.69 bits per heavy atom. The van der Waals surface area contributed by atoms with E-state index in [1.54, 1.807) is 18.2 Å². The monoisotopic (exact) mass is 492 g/mol. The van der Waals surface area contributed by atoms with Gasteiger partial charge in [0.15, 0.2) is 17.8 Å². The predicted molar refractivity (Wildman–Crippen MR) is 129 cm³/mol. The minimum absolute atomic E-state index is 0.0222. The number of halogens is 1. The molecule has 0 unspecified atom stereocenters. The van der Waals surface area contributed by atoms with E-state index in [4.69, 9.17) is 9.47 Å². The molecule has 5 rings (SSSR count). The van der Waals surface area contributed by atoms with Crippen LogP contribution in [0.3, 0.4) is 0 Å². The fourth-order valence-electron chi connectivity index (χ4n) is 3.96. The zero-order valence-electron chi connectivity index (χ0n) is 18.6. The largest absolute Gasteiger partial charge is 0.467 e. The van der Waals surface area contributed by atoms with E-state index < -0.39 is 4.92 Å². The topological polar surface area (TPSA) is 92.3 Å². The van der Waals surface area contributed by atoms with Crippen LogP contribution < -0.4 is 4.74 Å². The number of ether oxygens (including phenoxy) is 2. The number of fused-ring (bicyclic) bond motifs is 1. The van der Waals surface area contributed by atoms with Gasteiger partial charge in [0.05, 0.1) is 17.1 Å². The van der Waals surface area contributed by atoms with E-state index in [-0.39, 0.29) is 24.9 Å². The van der Waals surface area contributed by atoms with Gasteiger partial charge in [-0.1, -0.05) is 54.2 Å². The second-order valence-corrected chi connectivity index (χ2v) is 8.87. The van der Waals surface area contributed by atoms with Crippen molar-refractivity contribution in [3.63, 3.8) is 0 Å². The molecule has 0 N–H and O–H groups in total. The molecule has 178 valence electrons. The van der Waals surface area contributed by atoms with Crippen molar-refractivity contribution in [3.05, 3.63) is 99.4 Å². The van der Waals surface area contributed by atoms with Crippen LogP contribution in [0.4, 0.5) is 10.1 Å². The molecular weight excluding hydrogens is 471 g/mol. The Morgan fingerprint density at radius 1 is 1.09 bits per heavy atom. The van der Waals surface area contributed by atoms with E-state index in [2.05, 4.69) is 10.2 Å². The lowest BCUT2D eigenvalue weighted by Gasteiger charge is -2.20. The van der Waals surface area contributed by atoms with Gasteiger partial charge in [0.2, 0.25) is 0 Å². The summed E-state index contributed by atoms with van der Waals surface area (Å²) in [5, 5.41) is 20.7. The summed E-state index contributed by atoms with van der Waals surface area (Å²) >= 11 is 1.37. The molecule has 1 aliphatic heterocycles. The van der Waals surface area contributed by atoms with Crippen LogP contribution in [0.2, 0.25) is 0 Å². The van der Waals surface area contributed by atoms with Gasteiger partial charge in [0, 0.05) is 35.6 Å². The van der Waals surface area contributed by atoms with Gasteiger partial charge < -0.3 is 14.0 Å². The summed E-state index contributed by atoms with van der Waals surface area (Å²) < 4.78 is 27.4. The third kappa shape index (κ3) is 5.03. The van der Waals surface area contributed by atoms with Crippen LogP contribution >= 0.6 is 11.8 Å². The highest BCUT2D eigenvalue weighted by Gasteiger charge is 2.23. The quantitative estimate of drug-likeness (QED) is 0.185. The Morgan fingerprint density at radius 2 is 1.89 bits per heavy atom. The molecule has 1 aliphatic rings. The Bertz CT molecular complexity index is 1360. The van der Waals surface area contributed by atoms with Gasteiger partial charge in [0.25, 0.3) is 5.69 Å². The number of hydrogen-bond donors (Lipinski definition) is 0. The van der Waals surface area contributed by atoms with E-state index in [1.165, 1.54) is 30.0 Å². The second kappa shape index (κ2) is 10.2. The van der Waals surface area contributed by atoms with Crippen LogP contribution in [0.15, 0.2) is 71.9 Å². The maximum absolute atomic E-state index is 14.6. The molecule has 0 bridgehead atoms. The standard InChI is InChI=1S/C25H21FN4O4S/c26-22-9-5-4-8-21(22)24-27-28-25(29(24)11-10-17-6-2-1-3-7-17)35-15-19-13-20(30(31)32)12-18-14-33-16-34-23(18)19/h1-9,12-13H,10-11,14-16H2. The van der Waals surface area contributed by atoms with E-state index >= 15 is 0 Å². The van der Waals surface area contributed by atoms with Gasteiger partial charge in [-0.05, 0) is 24.1 Å². The molecule has 0 saturated heterocycles. The summed E-state index contributed by atoms with van der Waals surface area (Å²) in [6, 6.07) is 19.4. The van der Waals surface area contributed by atoms with Crippen LogP contribution in [-0.2, 0) is 30.1 Å². The fourth-order valence-corrected chi connectivity index (χ4v) is 4.89. The smallest absolute Gasteiger partial charge is 0.270 e. The molecule has 0 amide bonds. The molecular formula is C25H21FN4O4S. The minimum Gasteiger partial charge on any atom is -0.467 e. The number of thioether (sulfide) groups is 1. The van der Waals surface area contributed by atoms with Gasteiger partial charge in [-0.2, -0.15) is 0 Å². The highest BCUT2D eigenvalue weighted by molar-refractivity contribution is 7.98. The van der Waals surface area contributed by atoms with Crippen molar-refractivity contribution in [1.82, 2.24) is 14.8 Å². The summed E-state index contributed by atoms with van der Waals surface area (Å²) in [7, 11) is 0. The average molecular weight is 493 g/mol. The molecule has 0 atom stereocenters. The molecule has 1 aromatic heterocycles. The van der Waals surface area contributed by atoms with Gasteiger partial charge >= 0.3 is 0 Å². The third-order valence-electron chi connectivity index (χ3n) is 5.64. The van der Waals surface area contributed by atoms with Crippen LogP contribution in [-0.4, -0.2) is 26.5 Å². The summed E-state index contributed by atoms with van der Waals surface area (Å²) in [5.41, 5.74) is 2.79. The maximum atomic E-state index is 14.6. The summed E-state index contributed by atoms with van der Waals surface area (Å²) in [4.78, 5) is 11.0. The summed E-state index contributed by atoms with van der Waals surface area (Å²) in [6.07, 6.45) is 0.709. The molecule has 2 heterocycles. The molecule has 10 heteroatoms. The Kier molecular flexibility index (Phi) is 6.73. The molecule has 0 fully saturated rings. The van der Waals surface area contributed by atoms with Crippen molar-refractivity contribution >= 4 is 17.4 Å². The zero-order chi connectivity index (χ0) is 24.2. The predicted octanol–water partition coefficient (Wildman–Crippen LogP) is 5.39. The third-order valence-corrected chi connectivity index (χ3v) is 6.65. The molecule has 0 saturated carbocycles. The SMILES string of the molecule is O=[N+]([O-])c1cc2c(c(CSc3nnc(-c4ccccc4F)n3CCc3ccccc3)c1)OCOC2. The van der Waals surface area contributed by atoms with E-state index in [1.807, 2.05) is 34.9 Å². The number of hydrogen-bond acceptors (Lipinski definition) is 7. The Balaban J connectivity index is 1.46. The number of benzene rings is 3. The first-order valence-electron chi connectivity index (χ1n) is 11.0.